The van der Waals surface area contributed by atoms with Crippen LogP contribution in [0.2, 0.25) is 0 Å². The van der Waals surface area contributed by atoms with E-state index in [1.165, 1.54) is 0 Å². The molecule has 1 fully saturated rings. The lowest BCUT2D eigenvalue weighted by Gasteiger charge is -2.35. The molecule has 140 valence electrons. The minimum Gasteiger partial charge on any atom is -0.362 e. The first kappa shape index (κ1) is 17.3. The van der Waals surface area contributed by atoms with E-state index in [9.17, 15) is 9.59 Å². The summed E-state index contributed by atoms with van der Waals surface area (Å²) in [5.41, 5.74) is 5.50. The number of benzene rings is 1. The van der Waals surface area contributed by atoms with Crippen LogP contribution in [0.3, 0.4) is 0 Å². The van der Waals surface area contributed by atoms with Gasteiger partial charge in [-0.2, -0.15) is 0 Å². The summed E-state index contributed by atoms with van der Waals surface area (Å²) in [4.78, 5) is 39.5. The molecule has 1 aliphatic heterocycles. The summed E-state index contributed by atoms with van der Waals surface area (Å²) in [6.07, 6.45) is 2.03. The highest BCUT2D eigenvalue weighted by Crippen LogP contribution is 2.16. The minimum atomic E-state index is -0.00398. The van der Waals surface area contributed by atoms with Crippen molar-refractivity contribution in [1.82, 2.24) is 24.8 Å². The fourth-order valence-corrected chi connectivity index (χ4v) is 3.65. The molecule has 1 aromatic carbocycles. The molecule has 0 aliphatic carbocycles. The standard InChI is InChI=1S/C20H23N5O2/c1-13-9-16(14(2)23-13)11-19(26)24-5-7-25(8-6-24)20(27)15-3-4-17-18(10-15)22-12-21-17/h3-4,9-10,12,23H,5-8,11H2,1-2H3,(H,21,22). The molecule has 0 spiro atoms. The quantitative estimate of drug-likeness (QED) is 0.745. The molecule has 0 radical (unpaired) electrons. The van der Waals surface area contributed by atoms with Crippen LogP contribution in [0.4, 0.5) is 0 Å². The van der Waals surface area contributed by atoms with E-state index in [0.29, 0.717) is 38.2 Å². The lowest BCUT2D eigenvalue weighted by Crippen LogP contribution is -2.51. The van der Waals surface area contributed by atoms with Crippen molar-refractivity contribution in [2.24, 2.45) is 0 Å². The van der Waals surface area contributed by atoms with Gasteiger partial charge in [-0.15, -0.1) is 0 Å². The van der Waals surface area contributed by atoms with Crippen molar-refractivity contribution in [3.63, 3.8) is 0 Å². The van der Waals surface area contributed by atoms with Crippen molar-refractivity contribution in [1.29, 1.82) is 0 Å². The number of hydrogen-bond acceptors (Lipinski definition) is 3. The molecule has 1 saturated heterocycles. The van der Waals surface area contributed by atoms with Crippen molar-refractivity contribution in [2.75, 3.05) is 26.2 Å². The number of fused-ring (bicyclic) bond motifs is 1. The highest BCUT2D eigenvalue weighted by molar-refractivity contribution is 5.97. The van der Waals surface area contributed by atoms with Crippen LogP contribution in [0.5, 0.6) is 0 Å². The molecule has 0 atom stereocenters. The van der Waals surface area contributed by atoms with Gasteiger partial charge in [0, 0.05) is 43.1 Å². The number of H-pyrrole nitrogens is 2. The number of aromatic amines is 2. The third kappa shape index (κ3) is 3.45. The third-order valence-electron chi connectivity index (χ3n) is 5.19. The number of carbonyl (C=O) groups is 2. The van der Waals surface area contributed by atoms with Crippen LogP contribution in [0, 0.1) is 13.8 Å². The smallest absolute Gasteiger partial charge is 0.254 e. The fraction of sp³-hybridized carbons (Fsp3) is 0.350. The van der Waals surface area contributed by atoms with Crippen molar-refractivity contribution < 1.29 is 9.59 Å². The summed E-state index contributed by atoms with van der Waals surface area (Å²) in [7, 11) is 0. The van der Waals surface area contributed by atoms with Crippen molar-refractivity contribution >= 4 is 22.8 Å². The molecule has 3 aromatic rings. The lowest BCUT2D eigenvalue weighted by atomic mass is 10.1. The zero-order valence-corrected chi connectivity index (χ0v) is 15.6. The first-order chi connectivity index (χ1) is 13.0. The van der Waals surface area contributed by atoms with E-state index >= 15 is 0 Å². The normalized spacial score (nSPS) is 14.7. The molecular weight excluding hydrogens is 342 g/mol. The number of nitrogens with one attached hydrogen (secondary N) is 2. The van der Waals surface area contributed by atoms with Gasteiger partial charge in [0.25, 0.3) is 5.91 Å². The van der Waals surface area contributed by atoms with Crippen molar-refractivity contribution in [3.8, 4) is 0 Å². The second-order valence-corrected chi connectivity index (χ2v) is 7.09. The van der Waals surface area contributed by atoms with Crippen LogP contribution in [0.15, 0.2) is 30.6 Å². The maximum Gasteiger partial charge on any atom is 0.254 e. The molecule has 4 rings (SSSR count). The summed E-state index contributed by atoms with van der Waals surface area (Å²) in [6, 6.07) is 7.51. The SMILES string of the molecule is Cc1cc(CC(=O)N2CCN(C(=O)c3ccc4nc[nH]c4c3)CC2)c(C)[nH]1. The molecule has 27 heavy (non-hydrogen) atoms. The van der Waals surface area contributed by atoms with Crippen molar-refractivity contribution in [3.05, 3.63) is 53.1 Å². The number of piperazine rings is 1. The van der Waals surface area contributed by atoms with E-state index in [-0.39, 0.29) is 11.8 Å². The number of rotatable bonds is 3. The van der Waals surface area contributed by atoms with E-state index in [2.05, 4.69) is 15.0 Å². The fourth-order valence-electron chi connectivity index (χ4n) is 3.65. The van der Waals surface area contributed by atoms with Crippen LogP contribution in [-0.4, -0.2) is 62.7 Å². The number of aromatic nitrogens is 3. The summed E-state index contributed by atoms with van der Waals surface area (Å²) in [5.74, 6) is 0.110. The van der Waals surface area contributed by atoms with E-state index in [1.807, 2.05) is 41.8 Å². The van der Waals surface area contributed by atoms with Crippen LogP contribution in [0.25, 0.3) is 11.0 Å². The van der Waals surface area contributed by atoms with Gasteiger partial charge >= 0.3 is 0 Å². The first-order valence-electron chi connectivity index (χ1n) is 9.16. The largest absolute Gasteiger partial charge is 0.362 e. The first-order valence-corrected chi connectivity index (χ1v) is 9.16. The van der Waals surface area contributed by atoms with Gasteiger partial charge in [-0.25, -0.2) is 4.98 Å². The van der Waals surface area contributed by atoms with Gasteiger partial charge in [0.1, 0.15) is 0 Å². The predicted octanol–water partition coefficient (Wildman–Crippen LogP) is 2.03. The Morgan fingerprint density at radius 2 is 1.81 bits per heavy atom. The number of imidazole rings is 1. The molecule has 0 saturated carbocycles. The Kier molecular flexibility index (Phi) is 4.43. The second kappa shape index (κ2) is 6.90. The molecule has 0 unspecified atom stereocenters. The van der Waals surface area contributed by atoms with Gasteiger partial charge in [0.05, 0.1) is 23.8 Å². The average molecular weight is 365 g/mol. The van der Waals surface area contributed by atoms with Gasteiger partial charge in [0.2, 0.25) is 5.91 Å². The molecule has 3 heterocycles. The second-order valence-electron chi connectivity index (χ2n) is 7.09. The maximum absolute atomic E-state index is 12.8. The van der Waals surface area contributed by atoms with Gasteiger partial charge in [-0.1, -0.05) is 0 Å². The number of nitrogens with zero attached hydrogens (tertiary/aromatic N) is 3. The summed E-state index contributed by atoms with van der Waals surface area (Å²) in [6.45, 7) is 6.22. The topological polar surface area (TPSA) is 85.1 Å². The average Bonchev–Trinajstić information content (AvgIpc) is 3.26. The molecule has 0 bridgehead atoms. The molecule has 2 amide bonds. The lowest BCUT2D eigenvalue weighted by molar-refractivity contribution is -0.131. The molecular formula is C20H23N5O2. The minimum absolute atomic E-state index is 0.00398. The Bertz CT molecular complexity index is 995. The van der Waals surface area contributed by atoms with E-state index in [0.717, 1.165) is 28.0 Å². The van der Waals surface area contributed by atoms with E-state index in [1.54, 1.807) is 12.4 Å². The maximum atomic E-state index is 12.8. The van der Waals surface area contributed by atoms with Gasteiger partial charge in [0.15, 0.2) is 0 Å². The zero-order valence-electron chi connectivity index (χ0n) is 15.6. The molecule has 7 heteroatoms. The number of amides is 2. The monoisotopic (exact) mass is 365 g/mol. The Morgan fingerprint density at radius 1 is 1.07 bits per heavy atom. The van der Waals surface area contributed by atoms with Crippen LogP contribution in [0.1, 0.15) is 27.3 Å². The Balaban J connectivity index is 1.37. The van der Waals surface area contributed by atoms with E-state index < -0.39 is 0 Å². The van der Waals surface area contributed by atoms with Gasteiger partial charge < -0.3 is 19.8 Å². The predicted molar refractivity (Wildman–Crippen MR) is 103 cm³/mol. The van der Waals surface area contributed by atoms with Crippen molar-refractivity contribution in [2.45, 2.75) is 20.3 Å². The van der Waals surface area contributed by atoms with Crippen LogP contribution < -0.4 is 0 Å². The summed E-state index contributed by atoms with van der Waals surface area (Å²) in [5, 5.41) is 0. The highest BCUT2D eigenvalue weighted by atomic mass is 16.2. The summed E-state index contributed by atoms with van der Waals surface area (Å²) < 4.78 is 0. The molecule has 1 aliphatic rings. The molecule has 7 nitrogen and oxygen atoms in total. The van der Waals surface area contributed by atoms with Crippen LogP contribution in [-0.2, 0) is 11.2 Å². The third-order valence-corrected chi connectivity index (χ3v) is 5.19. The van der Waals surface area contributed by atoms with Gasteiger partial charge in [-0.3, -0.25) is 9.59 Å². The van der Waals surface area contributed by atoms with E-state index in [4.69, 9.17) is 0 Å². The van der Waals surface area contributed by atoms with Crippen LogP contribution >= 0.6 is 0 Å². The number of carbonyl (C=O) groups excluding carboxylic acids is 2. The van der Waals surface area contributed by atoms with Gasteiger partial charge in [-0.05, 0) is 43.7 Å². The highest BCUT2D eigenvalue weighted by Gasteiger charge is 2.25. The molecule has 2 aromatic heterocycles. The number of aryl methyl sites for hydroxylation is 2. The Labute approximate surface area is 157 Å². The molecule has 2 N–H and O–H groups in total. The summed E-state index contributed by atoms with van der Waals surface area (Å²) >= 11 is 0. The Morgan fingerprint density at radius 3 is 2.52 bits per heavy atom. The zero-order chi connectivity index (χ0) is 19.0. The Hall–Kier alpha value is -3.09. The number of hydrogen-bond donors (Lipinski definition) is 2.